The Balaban J connectivity index is 2.35. The van der Waals surface area contributed by atoms with Crippen molar-refractivity contribution in [3.8, 4) is 5.75 Å². The number of guanidine groups is 1. The monoisotopic (exact) mass is 342 g/mol. The summed E-state index contributed by atoms with van der Waals surface area (Å²) in [5.41, 5.74) is 2.29. The van der Waals surface area contributed by atoms with Gasteiger partial charge in [-0.3, -0.25) is 4.99 Å². The molecule has 23 heavy (non-hydrogen) atoms. The van der Waals surface area contributed by atoms with Crippen LogP contribution >= 0.6 is 0 Å². The summed E-state index contributed by atoms with van der Waals surface area (Å²) in [6, 6.07) is 6.15. The first-order chi connectivity index (χ1) is 10.9. The van der Waals surface area contributed by atoms with E-state index in [1.165, 1.54) is 5.56 Å². The van der Waals surface area contributed by atoms with Gasteiger partial charge in [0.2, 0.25) is 10.0 Å². The van der Waals surface area contributed by atoms with Gasteiger partial charge in [-0.15, -0.1) is 0 Å². The van der Waals surface area contributed by atoms with Gasteiger partial charge in [-0.2, -0.15) is 0 Å². The summed E-state index contributed by atoms with van der Waals surface area (Å²) in [6.45, 7) is 3.50. The van der Waals surface area contributed by atoms with Crippen molar-refractivity contribution in [2.45, 2.75) is 13.3 Å². The molecule has 0 radical (unpaired) electrons. The van der Waals surface area contributed by atoms with E-state index in [4.69, 9.17) is 4.74 Å². The molecule has 1 aromatic carbocycles. The van der Waals surface area contributed by atoms with Crippen LogP contribution in [0.15, 0.2) is 23.2 Å². The number of ether oxygens (including phenoxy) is 1. The fraction of sp³-hybridized carbons (Fsp3) is 0.533. The first-order valence-corrected chi connectivity index (χ1v) is 9.27. The Bertz CT molecular complexity index is 630. The highest BCUT2D eigenvalue weighted by Gasteiger charge is 2.03. The van der Waals surface area contributed by atoms with Gasteiger partial charge >= 0.3 is 0 Å². The summed E-state index contributed by atoms with van der Waals surface area (Å²) in [5, 5.41) is 6.24. The zero-order chi connectivity index (χ0) is 17.3. The van der Waals surface area contributed by atoms with Crippen molar-refractivity contribution in [1.29, 1.82) is 0 Å². The lowest BCUT2D eigenvalue weighted by Gasteiger charge is -2.12. The van der Waals surface area contributed by atoms with E-state index in [-0.39, 0.29) is 0 Å². The van der Waals surface area contributed by atoms with Crippen LogP contribution < -0.4 is 20.1 Å². The number of aliphatic imine (C=N–C) groups is 1. The zero-order valence-corrected chi connectivity index (χ0v) is 15.0. The molecule has 130 valence electrons. The average molecular weight is 342 g/mol. The highest BCUT2D eigenvalue weighted by atomic mass is 32.2. The van der Waals surface area contributed by atoms with Gasteiger partial charge in [0.1, 0.15) is 5.75 Å². The van der Waals surface area contributed by atoms with E-state index in [1.54, 1.807) is 14.2 Å². The fourth-order valence-electron chi connectivity index (χ4n) is 1.98. The molecule has 0 spiro atoms. The van der Waals surface area contributed by atoms with Gasteiger partial charge in [0.15, 0.2) is 5.96 Å². The Kier molecular flexibility index (Phi) is 7.84. The molecule has 0 amide bonds. The van der Waals surface area contributed by atoms with Gasteiger partial charge in [0.05, 0.1) is 13.4 Å². The maximum Gasteiger partial charge on any atom is 0.208 e. The van der Waals surface area contributed by atoms with Crippen molar-refractivity contribution in [2.24, 2.45) is 4.99 Å². The molecule has 0 aromatic heterocycles. The van der Waals surface area contributed by atoms with Gasteiger partial charge in [0.25, 0.3) is 0 Å². The second-order valence-electron chi connectivity index (χ2n) is 5.15. The minimum absolute atomic E-state index is 0.314. The van der Waals surface area contributed by atoms with Crippen molar-refractivity contribution in [1.82, 2.24) is 15.4 Å². The van der Waals surface area contributed by atoms with Crippen molar-refractivity contribution < 1.29 is 13.2 Å². The molecular formula is C15H26N4O3S. The first-order valence-electron chi connectivity index (χ1n) is 7.38. The second-order valence-corrected chi connectivity index (χ2v) is 6.98. The minimum atomic E-state index is -3.15. The third kappa shape index (κ3) is 7.85. The van der Waals surface area contributed by atoms with Crippen LogP contribution in [0.2, 0.25) is 0 Å². The molecule has 0 atom stereocenters. The Morgan fingerprint density at radius 1 is 1.22 bits per heavy atom. The van der Waals surface area contributed by atoms with E-state index >= 15 is 0 Å². The van der Waals surface area contributed by atoms with E-state index in [2.05, 4.69) is 26.4 Å². The molecule has 0 saturated carbocycles. The van der Waals surface area contributed by atoms with Gasteiger partial charge in [-0.25, -0.2) is 13.1 Å². The van der Waals surface area contributed by atoms with Gasteiger partial charge in [-0.05, 0) is 30.5 Å². The van der Waals surface area contributed by atoms with Crippen molar-refractivity contribution >= 4 is 16.0 Å². The molecule has 0 aliphatic heterocycles. The number of hydrogen-bond donors (Lipinski definition) is 3. The van der Waals surface area contributed by atoms with Gasteiger partial charge in [-0.1, -0.05) is 12.1 Å². The lowest BCUT2D eigenvalue weighted by Crippen LogP contribution is -2.42. The number of nitrogens with zero attached hydrogens (tertiary/aromatic N) is 1. The zero-order valence-electron chi connectivity index (χ0n) is 14.1. The number of aryl methyl sites for hydroxylation is 1. The fourth-order valence-corrected chi connectivity index (χ4v) is 2.46. The molecule has 0 aliphatic rings. The molecule has 0 aliphatic carbocycles. The molecule has 0 saturated heterocycles. The maximum atomic E-state index is 11.0. The SMILES string of the molecule is CN=C(NCCNS(C)(=O)=O)NCCc1ccc(C)c(OC)c1. The lowest BCUT2D eigenvalue weighted by molar-refractivity contribution is 0.411. The predicted octanol–water partition coefficient (Wildman–Crippen LogP) is 0.260. The molecular weight excluding hydrogens is 316 g/mol. The topological polar surface area (TPSA) is 91.8 Å². The Morgan fingerprint density at radius 3 is 2.52 bits per heavy atom. The molecule has 3 N–H and O–H groups in total. The van der Waals surface area contributed by atoms with E-state index in [1.807, 2.05) is 19.1 Å². The number of methoxy groups -OCH3 is 1. The van der Waals surface area contributed by atoms with Crippen LogP contribution in [0.3, 0.4) is 0 Å². The standard InChI is InChI=1S/C15H26N4O3S/c1-12-5-6-13(11-14(12)22-3)7-8-17-15(16-2)18-9-10-19-23(4,20)21/h5-6,11,19H,7-10H2,1-4H3,(H2,16,17,18). The van der Waals surface area contributed by atoms with E-state index < -0.39 is 10.0 Å². The van der Waals surface area contributed by atoms with Crippen LogP contribution in [0.1, 0.15) is 11.1 Å². The van der Waals surface area contributed by atoms with Crippen LogP contribution in [-0.2, 0) is 16.4 Å². The number of sulfonamides is 1. The van der Waals surface area contributed by atoms with Crippen LogP contribution in [0.25, 0.3) is 0 Å². The number of benzene rings is 1. The van der Waals surface area contributed by atoms with Crippen molar-refractivity contribution in [2.75, 3.05) is 40.0 Å². The molecule has 0 bridgehead atoms. The Labute approximate surface area is 138 Å². The molecule has 7 nitrogen and oxygen atoms in total. The summed E-state index contributed by atoms with van der Waals surface area (Å²) >= 11 is 0. The third-order valence-electron chi connectivity index (χ3n) is 3.18. The van der Waals surface area contributed by atoms with Crippen LogP contribution in [0, 0.1) is 6.92 Å². The maximum absolute atomic E-state index is 11.0. The summed E-state index contributed by atoms with van der Waals surface area (Å²) in [5.74, 6) is 1.52. The molecule has 0 fully saturated rings. The summed E-state index contributed by atoms with van der Waals surface area (Å²) in [7, 11) is 0.188. The van der Waals surface area contributed by atoms with Crippen LogP contribution in [0.5, 0.6) is 5.75 Å². The first kappa shape index (κ1) is 19.2. The summed E-state index contributed by atoms with van der Waals surface area (Å²) in [4.78, 5) is 4.09. The lowest BCUT2D eigenvalue weighted by atomic mass is 10.1. The highest BCUT2D eigenvalue weighted by molar-refractivity contribution is 7.88. The van der Waals surface area contributed by atoms with E-state index in [0.29, 0.717) is 25.6 Å². The third-order valence-corrected chi connectivity index (χ3v) is 3.91. The largest absolute Gasteiger partial charge is 0.496 e. The summed E-state index contributed by atoms with van der Waals surface area (Å²) < 4.78 is 29.6. The average Bonchev–Trinajstić information content (AvgIpc) is 2.50. The second kappa shape index (κ2) is 9.36. The quantitative estimate of drug-likeness (QED) is 0.358. The molecule has 1 rings (SSSR count). The van der Waals surface area contributed by atoms with Crippen molar-refractivity contribution in [3.05, 3.63) is 29.3 Å². The van der Waals surface area contributed by atoms with Gasteiger partial charge < -0.3 is 15.4 Å². The Hall–Kier alpha value is -1.80. The Morgan fingerprint density at radius 2 is 1.91 bits per heavy atom. The number of nitrogens with one attached hydrogen (secondary N) is 3. The number of hydrogen-bond acceptors (Lipinski definition) is 4. The van der Waals surface area contributed by atoms with E-state index in [9.17, 15) is 8.42 Å². The van der Waals surface area contributed by atoms with E-state index in [0.717, 1.165) is 24.0 Å². The minimum Gasteiger partial charge on any atom is -0.496 e. The van der Waals surface area contributed by atoms with Crippen molar-refractivity contribution in [3.63, 3.8) is 0 Å². The molecule has 0 heterocycles. The predicted molar refractivity (Wildman–Crippen MR) is 93.6 cm³/mol. The summed E-state index contributed by atoms with van der Waals surface area (Å²) in [6.07, 6.45) is 1.97. The van der Waals surface area contributed by atoms with Crippen LogP contribution in [-0.4, -0.2) is 54.4 Å². The molecule has 0 unspecified atom stereocenters. The molecule has 1 aromatic rings. The normalized spacial score (nSPS) is 12.1. The molecule has 8 heteroatoms. The van der Waals surface area contributed by atoms with Gasteiger partial charge in [0, 0.05) is 26.7 Å². The highest BCUT2D eigenvalue weighted by Crippen LogP contribution is 2.18. The smallest absolute Gasteiger partial charge is 0.208 e. The number of rotatable bonds is 8. The van der Waals surface area contributed by atoms with Crippen LogP contribution in [0.4, 0.5) is 0 Å².